The normalized spacial score (nSPS) is 13.2. The quantitative estimate of drug-likeness (QED) is 0.574. The highest BCUT2D eigenvalue weighted by Crippen LogP contribution is 2.36. The van der Waals surface area contributed by atoms with E-state index in [-0.39, 0.29) is 11.6 Å². The molecule has 1 aromatic carbocycles. The van der Waals surface area contributed by atoms with Gasteiger partial charge < -0.3 is 4.74 Å². The molecule has 0 heterocycles. The SMILES string of the molecule is COCCC=Cc1cc(C(F)(F)F)cc(C(F)(F)F)c1. The second kappa shape index (κ2) is 6.30. The Kier molecular flexibility index (Phi) is 5.21. The van der Waals surface area contributed by atoms with Gasteiger partial charge in [-0.3, -0.25) is 0 Å². The fourth-order valence-corrected chi connectivity index (χ4v) is 1.48. The largest absolute Gasteiger partial charge is 0.416 e. The molecule has 112 valence electrons. The summed E-state index contributed by atoms with van der Waals surface area (Å²) >= 11 is 0. The summed E-state index contributed by atoms with van der Waals surface area (Å²) in [6.45, 7) is 0.335. The smallest absolute Gasteiger partial charge is 0.384 e. The maximum atomic E-state index is 12.6. The second-order valence-electron chi connectivity index (χ2n) is 4.02. The van der Waals surface area contributed by atoms with Gasteiger partial charge in [0.1, 0.15) is 0 Å². The molecule has 20 heavy (non-hydrogen) atoms. The molecule has 0 aliphatic rings. The highest BCUT2D eigenvalue weighted by atomic mass is 19.4. The minimum Gasteiger partial charge on any atom is -0.384 e. The van der Waals surface area contributed by atoms with Gasteiger partial charge in [0.15, 0.2) is 0 Å². The van der Waals surface area contributed by atoms with Crippen LogP contribution < -0.4 is 0 Å². The van der Waals surface area contributed by atoms with E-state index in [0.29, 0.717) is 25.2 Å². The Bertz CT molecular complexity index is 440. The number of ether oxygens (including phenoxy) is 1. The van der Waals surface area contributed by atoms with Crippen LogP contribution >= 0.6 is 0 Å². The lowest BCUT2D eigenvalue weighted by Crippen LogP contribution is -2.11. The third-order valence-electron chi connectivity index (χ3n) is 2.41. The van der Waals surface area contributed by atoms with Crippen molar-refractivity contribution < 1.29 is 31.1 Å². The lowest BCUT2D eigenvalue weighted by molar-refractivity contribution is -0.143. The molecule has 0 aliphatic heterocycles. The van der Waals surface area contributed by atoms with Gasteiger partial charge in [-0.15, -0.1) is 0 Å². The van der Waals surface area contributed by atoms with Crippen molar-refractivity contribution in [1.82, 2.24) is 0 Å². The minimum absolute atomic E-state index is 0.104. The van der Waals surface area contributed by atoms with Gasteiger partial charge in [-0.2, -0.15) is 26.3 Å². The van der Waals surface area contributed by atoms with Gasteiger partial charge in [-0.1, -0.05) is 12.2 Å². The summed E-state index contributed by atoms with van der Waals surface area (Å²) in [5.74, 6) is 0. The molecule has 0 aliphatic carbocycles. The van der Waals surface area contributed by atoms with E-state index < -0.39 is 23.5 Å². The van der Waals surface area contributed by atoms with E-state index >= 15 is 0 Å². The highest BCUT2D eigenvalue weighted by Gasteiger charge is 2.36. The molecule has 0 bridgehead atoms. The molecule has 1 nitrogen and oxygen atoms in total. The van der Waals surface area contributed by atoms with Crippen LogP contribution in [0.4, 0.5) is 26.3 Å². The molecule has 0 saturated carbocycles. The van der Waals surface area contributed by atoms with Gasteiger partial charge in [-0.05, 0) is 30.2 Å². The fraction of sp³-hybridized carbons (Fsp3) is 0.385. The molecule has 0 aromatic heterocycles. The van der Waals surface area contributed by atoms with Crippen molar-refractivity contribution in [3.05, 3.63) is 41.0 Å². The van der Waals surface area contributed by atoms with Crippen molar-refractivity contribution in [2.45, 2.75) is 18.8 Å². The van der Waals surface area contributed by atoms with Crippen LogP contribution in [0, 0.1) is 0 Å². The third-order valence-corrected chi connectivity index (χ3v) is 2.41. The number of benzene rings is 1. The Morgan fingerprint density at radius 3 is 1.85 bits per heavy atom. The van der Waals surface area contributed by atoms with Crippen LogP contribution in [0.5, 0.6) is 0 Å². The molecule has 0 fully saturated rings. The molecule has 1 rings (SSSR count). The predicted octanol–water partition coefficient (Wildman–Crippen LogP) is 4.77. The van der Waals surface area contributed by atoms with E-state index in [1.54, 1.807) is 0 Å². The second-order valence-corrected chi connectivity index (χ2v) is 4.02. The molecule has 0 spiro atoms. The van der Waals surface area contributed by atoms with Crippen LogP contribution in [0.15, 0.2) is 24.3 Å². The van der Waals surface area contributed by atoms with Crippen LogP contribution in [0.1, 0.15) is 23.1 Å². The van der Waals surface area contributed by atoms with Crippen LogP contribution in [-0.2, 0) is 17.1 Å². The Balaban J connectivity index is 3.14. The van der Waals surface area contributed by atoms with Crippen LogP contribution in [-0.4, -0.2) is 13.7 Å². The number of halogens is 6. The van der Waals surface area contributed by atoms with Gasteiger partial charge in [0.2, 0.25) is 0 Å². The summed E-state index contributed by atoms with van der Waals surface area (Å²) < 4.78 is 80.1. The lowest BCUT2D eigenvalue weighted by Gasteiger charge is -2.12. The van der Waals surface area contributed by atoms with Gasteiger partial charge in [-0.25, -0.2) is 0 Å². The van der Waals surface area contributed by atoms with Crippen molar-refractivity contribution in [2.24, 2.45) is 0 Å². The van der Waals surface area contributed by atoms with Crippen molar-refractivity contribution in [3.63, 3.8) is 0 Å². The summed E-state index contributed by atoms with van der Waals surface area (Å²) in [5, 5.41) is 0. The van der Waals surface area contributed by atoms with Crippen LogP contribution in [0.3, 0.4) is 0 Å². The van der Waals surface area contributed by atoms with E-state index in [0.717, 1.165) is 0 Å². The van der Waals surface area contributed by atoms with Crippen molar-refractivity contribution in [1.29, 1.82) is 0 Å². The Morgan fingerprint density at radius 2 is 1.45 bits per heavy atom. The number of rotatable bonds is 4. The number of hydrogen-bond acceptors (Lipinski definition) is 1. The standard InChI is InChI=1S/C13H12F6O/c1-20-5-3-2-4-9-6-10(12(14,15)16)8-11(7-9)13(17,18)19/h2,4,6-8H,3,5H2,1H3. The van der Waals surface area contributed by atoms with Crippen molar-refractivity contribution in [3.8, 4) is 0 Å². The van der Waals surface area contributed by atoms with E-state index in [2.05, 4.69) is 0 Å². The molecule has 0 radical (unpaired) electrons. The van der Waals surface area contributed by atoms with Gasteiger partial charge >= 0.3 is 12.4 Å². The monoisotopic (exact) mass is 298 g/mol. The first kappa shape index (κ1) is 16.6. The van der Waals surface area contributed by atoms with Crippen LogP contribution in [0.2, 0.25) is 0 Å². The summed E-state index contributed by atoms with van der Waals surface area (Å²) in [5.41, 5.74) is -2.79. The maximum Gasteiger partial charge on any atom is 0.416 e. The van der Waals surface area contributed by atoms with Crippen molar-refractivity contribution in [2.75, 3.05) is 13.7 Å². The van der Waals surface area contributed by atoms with Crippen molar-refractivity contribution >= 4 is 6.08 Å². The average molecular weight is 298 g/mol. The molecule has 0 N–H and O–H groups in total. The molecule has 0 saturated heterocycles. The van der Waals surface area contributed by atoms with Gasteiger partial charge in [0, 0.05) is 13.7 Å². The lowest BCUT2D eigenvalue weighted by atomic mass is 10.0. The zero-order valence-electron chi connectivity index (χ0n) is 10.5. The zero-order valence-corrected chi connectivity index (χ0v) is 10.5. The molecule has 0 unspecified atom stereocenters. The van der Waals surface area contributed by atoms with E-state index in [1.807, 2.05) is 0 Å². The van der Waals surface area contributed by atoms with E-state index in [1.165, 1.54) is 19.3 Å². The summed E-state index contributed by atoms with van der Waals surface area (Å²) in [7, 11) is 1.44. The minimum atomic E-state index is -4.82. The number of hydrogen-bond donors (Lipinski definition) is 0. The summed E-state index contributed by atoms with van der Waals surface area (Å²) in [6.07, 6.45) is -6.58. The first-order valence-corrected chi connectivity index (χ1v) is 5.59. The highest BCUT2D eigenvalue weighted by molar-refractivity contribution is 5.53. The topological polar surface area (TPSA) is 9.23 Å². The Morgan fingerprint density at radius 1 is 0.950 bits per heavy atom. The number of alkyl halides is 6. The molecule has 0 amide bonds. The van der Waals surface area contributed by atoms with Gasteiger partial charge in [0.05, 0.1) is 11.1 Å². The van der Waals surface area contributed by atoms with E-state index in [9.17, 15) is 26.3 Å². The maximum absolute atomic E-state index is 12.6. The summed E-state index contributed by atoms with van der Waals surface area (Å²) in [6, 6.07) is 1.46. The summed E-state index contributed by atoms with van der Waals surface area (Å²) in [4.78, 5) is 0. The Hall–Kier alpha value is -1.50. The van der Waals surface area contributed by atoms with Gasteiger partial charge in [0.25, 0.3) is 0 Å². The first-order chi connectivity index (χ1) is 9.14. The zero-order chi connectivity index (χ0) is 15.4. The number of methoxy groups -OCH3 is 1. The molecule has 1 aromatic rings. The van der Waals surface area contributed by atoms with Crippen LogP contribution in [0.25, 0.3) is 6.08 Å². The molecule has 7 heteroatoms. The predicted molar refractivity (Wildman–Crippen MR) is 62.0 cm³/mol. The molecule has 0 atom stereocenters. The fourth-order valence-electron chi connectivity index (χ4n) is 1.48. The third kappa shape index (κ3) is 4.88. The first-order valence-electron chi connectivity index (χ1n) is 5.59. The van der Waals surface area contributed by atoms with E-state index in [4.69, 9.17) is 4.74 Å². The Labute approximate surface area is 111 Å². The average Bonchev–Trinajstić information content (AvgIpc) is 2.32. The molecular weight excluding hydrogens is 286 g/mol. The molecular formula is C13H12F6O.